The summed E-state index contributed by atoms with van der Waals surface area (Å²) in [6, 6.07) is 10.9. The van der Waals surface area contributed by atoms with Crippen molar-refractivity contribution in [2.24, 2.45) is 0 Å². The van der Waals surface area contributed by atoms with Crippen LogP contribution in [-0.4, -0.2) is 45.9 Å². The number of rotatable bonds is 8. The van der Waals surface area contributed by atoms with Gasteiger partial charge in [0.1, 0.15) is 5.76 Å². The van der Waals surface area contributed by atoms with Crippen molar-refractivity contribution in [2.75, 3.05) is 13.2 Å². The predicted octanol–water partition coefficient (Wildman–Crippen LogP) is 4.49. The van der Waals surface area contributed by atoms with Crippen LogP contribution < -0.4 is 0 Å². The number of likely N-dealkylation sites (tertiary alicyclic amines) is 1. The molecule has 2 aromatic carbocycles. The van der Waals surface area contributed by atoms with Gasteiger partial charge in [-0.05, 0) is 50.1 Å². The summed E-state index contributed by atoms with van der Waals surface area (Å²) in [6.45, 7) is 4.34. The maximum absolute atomic E-state index is 12.9. The van der Waals surface area contributed by atoms with Crippen LogP contribution in [0.1, 0.15) is 37.4 Å². The van der Waals surface area contributed by atoms with Crippen molar-refractivity contribution < 1.29 is 24.4 Å². The van der Waals surface area contributed by atoms with E-state index in [2.05, 4.69) is 0 Å². The number of ether oxygens (including phenoxy) is 1. The lowest BCUT2D eigenvalue weighted by Crippen LogP contribution is -2.31. The van der Waals surface area contributed by atoms with Crippen molar-refractivity contribution in [1.29, 1.82) is 0 Å². The van der Waals surface area contributed by atoms with Gasteiger partial charge in [-0.3, -0.25) is 19.7 Å². The number of halogens is 1. The van der Waals surface area contributed by atoms with Crippen molar-refractivity contribution in [3.8, 4) is 0 Å². The summed E-state index contributed by atoms with van der Waals surface area (Å²) in [7, 11) is 0. The molecule has 168 valence electrons. The number of benzene rings is 2. The summed E-state index contributed by atoms with van der Waals surface area (Å²) in [6.07, 6.45) is 0.473. The third-order valence-corrected chi connectivity index (χ3v) is 5.30. The third-order valence-electron chi connectivity index (χ3n) is 5.05. The number of hydrogen-bond acceptors (Lipinski definition) is 6. The van der Waals surface area contributed by atoms with Crippen LogP contribution in [0.15, 0.2) is 54.1 Å². The van der Waals surface area contributed by atoms with E-state index in [1.54, 1.807) is 18.2 Å². The summed E-state index contributed by atoms with van der Waals surface area (Å²) in [4.78, 5) is 37.9. The van der Waals surface area contributed by atoms with E-state index in [-0.39, 0.29) is 29.7 Å². The molecule has 1 atom stereocenters. The fraction of sp³-hybridized carbons (Fsp3) is 0.304. The number of Topliss-reactive ketones (excluding diaryl/α,β-unsaturated/α-hetero) is 1. The van der Waals surface area contributed by atoms with Gasteiger partial charge in [-0.15, -0.1) is 0 Å². The molecule has 1 heterocycles. The normalized spacial score (nSPS) is 17.9. The van der Waals surface area contributed by atoms with Crippen molar-refractivity contribution >= 4 is 34.7 Å². The van der Waals surface area contributed by atoms with Gasteiger partial charge in [0.05, 0.1) is 22.6 Å². The first kappa shape index (κ1) is 23.4. The molecule has 1 saturated heterocycles. The van der Waals surface area contributed by atoms with Crippen LogP contribution in [0.3, 0.4) is 0 Å². The first-order valence-corrected chi connectivity index (χ1v) is 10.5. The highest BCUT2D eigenvalue weighted by Crippen LogP contribution is 2.40. The fourth-order valence-electron chi connectivity index (χ4n) is 3.58. The SMILES string of the molecule is CC(C)OCCCN1C(=O)C(=O)C(=C(O)c2ccc(Cl)cc2)[C@H]1c1cccc([N+](=O)[O-])c1. The minimum atomic E-state index is -0.968. The number of carbonyl (C=O) groups is 2. The molecular formula is C23H23ClN2O6. The summed E-state index contributed by atoms with van der Waals surface area (Å²) in [5.41, 5.74) is 0.370. The second-order valence-electron chi connectivity index (χ2n) is 7.62. The molecule has 0 aromatic heterocycles. The Morgan fingerprint density at radius 3 is 2.53 bits per heavy atom. The molecule has 0 saturated carbocycles. The Bertz CT molecular complexity index is 1060. The quantitative estimate of drug-likeness (QED) is 0.156. The summed E-state index contributed by atoms with van der Waals surface area (Å²) in [5, 5.41) is 22.7. The molecule has 0 aliphatic carbocycles. The smallest absolute Gasteiger partial charge is 0.295 e. The molecule has 1 aliphatic rings. The number of nitrogens with zero attached hydrogens (tertiary/aromatic N) is 2. The van der Waals surface area contributed by atoms with Crippen LogP contribution in [0, 0.1) is 10.1 Å². The van der Waals surface area contributed by atoms with E-state index in [4.69, 9.17) is 16.3 Å². The number of hydrogen-bond donors (Lipinski definition) is 1. The number of nitro benzene ring substituents is 1. The molecule has 1 fully saturated rings. The average molecular weight is 459 g/mol. The molecular weight excluding hydrogens is 436 g/mol. The van der Waals surface area contributed by atoms with Crippen LogP contribution in [0.4, 0.5) is 5.69 Å². The minimum absolute atomic E-state index is 0.0166. The van der Waals surface area contributed by atoms with Crippen LogP contribution >= 0.6 is 11.6 Å². The number of nitro groups is 1. The van der Waals surface area contributed by atoms with Gasteiger partial charge in [0.15, 0.2) is 0 Å². The van der Waals surface area contributed by atoms with Crippen LogP contribution in [-0.2, 0) is 14.3 Å². The fourth-order valence-corrected chi connectivity index (χ4v) is 3.71. The first-order chi connectivity index (χ1) is 15.2. The predicted molar refractivity (Wildman–Crippen MR) is 119 cm³/mol. The molecule has 0 bridgehead atoms. The minimum Gasteiger partial charge on any atom is -0.507 e. The Balaban J connectivity index is 2.07. The number of amides is 1. The van der Waals surface area contributed by atoms with Crippen LogP contribution in [0.25, 0.3) is 5.76 Å². The van der Waals surface area contributed by atoms with Crippen molar-refractivity contribution in [3.05, 3.63) is 80.4 Å². The molecule has 1 aliphatic heterocycles. The molecule has 0 spiro atoms. The maximum atomic E-state index is 12.9. The van der Waals surface area contributed by atoms with Crippen LogP contribution in [0.5, 0.6) is 0 Å². The van der Waals surface area contributed by atoms with Gasteiger partial charge in [-0.2, -0.15) is 0 Å². The lowest BCUT2D eigenvalue weighted by Gasteiger charge is -2.25. The van der Waals surface area contributed by atoms with Crippen molar-refractivity contribution in [2.45, 2.75) is 32.4 Å². The molecule has 8 nitrogen and oxygen atoms in total. The number of ketones is 1. The van der Waals surface area contributed by atoms with E-state index >= 15 is 0 Å². The van der Waals surface area contributed by atoms with Gasteiger partial charge in [-0.1, -0.05) is 23.7 Å². The van der Waals surface area contributed by atoms with Gasteiger partial charge >= 0.3 is 0 Å². The van der Waals surface area contributed by atoms with Gasteiger partial charge < -0.3 is 14.7 Å². The monoisotopic (exact) mass is 458 g/mol. The van der Waals surface area contributed by atoms with Crippen molar-refractivity contribution in [1.82, 2.24) is 4.90 Å². The number of carbonyl (C=O) groups excluding carboxylic acids is 2. The lowest BCUT2D eigenvalue weighted by atomic mass is 9.95. The summed E-state index contributed by atoms with van der Waals surface area (Å²) < 4.78 is 5.52. The second kappa shape index (κ2) is 9.93. The van der Waals surface area contributed by atoms with Gasteiger partial charge in [0.2, 0.25) is 0 Å². The van der Waals surface area contributed by atoms with E-state index in [0.29, 0.717) is 29.2 Å². The lowest BCUT2D eigenvalue weighted by molar-refractivity contribution is -0.384. The molecule has 32 heavy (non-hydrogen) atoms. The summed E-state index contributed by atoms with van der Waals surface area (Å²) >= 11 is 5.91. The zero-order valence-corrected chi connectivity index (χ0v) is 18.4. The summed E-state index contributed by atoms with van der Waals surface area (Å²) in [5.74, 6) is -1.99. The van der Waals surface area contributed by atoms with Gasteiger partial charge in [-0.25, -0.2) is 0 Å². The number of aliphatic hydroxyl groups excluding tert-OH is 1. The highest BCUT2D eigenvalue weighted by atomic mass is 35.5. The van der Waals surface area contributed by atoms with Crippen molar-refractivity contribution in [3.63, 3.8) is 0 Å². The van der Waals surface area contributed by atoms with E-state index in [9.17, 15) is 24.8 Å². The Labute approximate surface area is 190 Å². The van der Waals surface area contributed by atoms with Crippen LogP contribution in [0.2, 0.25) is 5.02 Å². The Morgan fingerprint density at radius 1 is 1.22 bits per heavy atom. The first-order valence-electron chi connectivity index (χ1n) is 10.1. The van der Waals surface area contributed by atoms with Gasteiger partial charge in [0, 0.05) is 35.9 Å². The topological polar surface area (TPSA) is 110 Å². The third kappa shape index (κ3) is 4.98. The second-order valence-corrected chi connectivity index (χ2v) is 8.06. The zero-order valence-electron chi connectivity index (χ0n) is 17.7. The van der Waals surface area contributed by atoms with E-state index in [0.717, 1.165) is 0 Å². The molecule has 9 heteroatoms. The van der Waals surface area contributed by atoms with E-state index in [1.165, 1.54) is 35.2 Å². The number of non-ortho nitro benzene ring substituents is 1. The molecule has 0 radical (unpaired) electrons. The Kier molecular flexibility index (Phi) is 7.27. The molecule has 1 amide bonds. The Morgan fingerprint density at radius 2 is 1.91 bits per heavy atom. The Hall–Kier alpha value is -3.23. The maximum Gasteiger partial charge on any atom is 0.295 e. The standard InChI is InChI=1S/C23H23ClN2O6/c1-14(2)32-12-4-11-25-20(16-5-3-6-18(13-16)26(30)31)19(22(28)23(25)29)21(27)15-7-9-17(24)10-8-15/h3,5-10,13-14,20,27H,4,11-12H2,1-2H3/t20-/m1/s1. The largest absolute Gasteiger partial charge is 0.507 e. The zero-order chi connectivity index (χ0) is 23.4. The average Bonchev–Trinajstić information content (AvgIpc) is 3.01. The van der Waals surface area contributed by atoms with Gasteiger partial charge in [0.25, 0.3) is 17.4 Å². The highest BCUT2D eigenvalue weighted by Gasteiger charge is 2.46. The highest BCUT2D eigenvalue weighted by molar-refractivity contribution is 6.46. The molecule has 1 N–H and O–H groups in total. The molecule has 3 rings (SSSR count). The van der Waals surface area contributed by atoms with E-state index < -0.39 is 22.7 Å². The molecule has 2 aromatic rings. The molecule has 0 unspecified atom stereocenters. The number of aliphatic hydroxyl groups is 1. The van der Waals surface area contributed by atoms with E-state index in [1.807, 2.05) is 13.8 Å².